The van der Waals surface area contributed by atoms with Gasteiger partial charge in [0.05, 0.1) is 0 Å². The fraction of sp³-hybridized carbons (Fsp3) is 0.929. The molecule has 1 aliphatic heterocycles. The molecule has 0 radical (unpaired) electrons. The number of amides is 1. The standard InChI is InChI=1S/C14H27N3O/c1-16(12-13-4-2-3-5-13)9-6-14(18)17-10-7-15-8-11-17/h13,15H,2-12H2,1H3. The van der Waals surface area contributed by atoms with Crippen molar-refractivity contribution < 1.29 is 4.79 Å². The molecule has 0 atom stereocenters. The highest BCUT2D eigenvalue weighted by Crippen LogP contribution is 2.25. The lowest BCUT2D eigenvalue weighted by atomic mass is 10.1. The first-order chi connectivity index (χ1) is 8.75. The van der Waals surface area contributed by atoms with Crippen LogP contribution in [0.25, 0.3) is 0 Å². The third-order valence-corrected chi connectivity index (χ3v) is 4.22. The summed E-state index contributed by atoms with van der Waals surface area (Å²) < 4.78 is 0. The number of piperazine rings is 1. The van der Waals surface area contributed by atoms with Gasteiger partial charge in [0, 0.05) is 45.7 Å². The van der Waals surface area contributed by atoms with E-state index in [2.05, 4.69) is 17.3 Å². The molecule has 0 aromatic carbocycles. The molecular weight excluding hydrogens is 226 g/mol. The zero-order chi connectivity index (χ0) is 12.8. The van der Waals surface area contributed by atoms with Gasteiger partial charge in [-0.1, -0.05) is 12.8 Å². The quantitative estimate of drug-likeness (QED) is 0.792. The van der Waals surface area contributed by atoms with Gasteiger partial charge in [0.1, 0.15) is 0 Å². The average Bonchev–Trinajstić information content (AvgIpc) is 2.90. The van der Waals surface area contributed by atoms with E-state index in [-0.39, 0.29) is 0 Å². The minimum Gasteiger partial charge on any atom is -0.340 e. The van der Waals surface area contributed by atoms with E-state index < -0.39 is 0 Å². The molecule has 4 heteroatoms. The van der Waals surface area contributed by atoms with Gasteiger partial charge in [0.25, 0.3) is 0 Å². The lowest BCUT2D eigenvalue weighted by Gasteiger charge is -2.28. The van der Waals surface area contributed by atoms with Crippen molar-refractivity contribution in [3.05, 3.63) is 0 Å². The number of nitrogens with zero attached hydrogens (tertiary/aromatic N) is 2. The maximum Gasteiger partial charge on any atom is 0.223 e. The molecule has 18 heavy (non-hydrogen) atoms. The molecule has 1 N–H and O–H groups in total. The van der Waals surface area contributed by atoms with E-state index in [1.165, 1.54) is 32.2 Å². The van der Waals surface area contributed by atoms with Crippen LogP contribution in [0, 0.1) is 5.92 Å². The molecule has 1 saturated carbocycles. The van der Waals surface area contributed by atoms with Gasteiger partial charge in [0.2, 0.25) is 5.91 Å². The Morgan fingerprint density at radius 1 is 1.28 bits per heavy atom. The van der Waals surface area contributed by atoms with Gasteiger partial charge in [-0.25, -0.2) is 0 Å². The van der Waals surface area contributed by atoms with Gasteiger partial charge in [-0.3, -0.25) is 4.79 Å². The Morgan fingerprint density at radius 2 is 1.94 bits per heavy atom. The lowest BCUT2D eigenvalue weighted by molar-refractivity contribution is -0.132. The lowest BCUT2D eigenvalue weighted by Crippen LogP contribution is -2.47. The summed E-state index contributed by atoms with van der Waals surface area (Å²) in [4.78, 5) is 16.4. The third-order valence-electron chi connectivity index (χ3n) is 4.22. The minimum atomic E-state index is 0.328. The van der Waals surface area contributed by atoms with E-state index >= 15 is 0 Å². The van der Waals surface area contributed by atoms with Gasteiger partial charge >= 0.3 is 0 Å². The van der Waals surface area contributed by atoms with E-state index in [4.69, 9.17) is 0 Å². The number of hydrogen-bond acceptors (Lipinski definition) is 3. The van der Waals surface area contributed by atoms with E-state index in [1.807, 2.05) is 4.90 Å². The summed E-state index contributed by atoms with van der Waals surface area (Å²) in [5.41, 5.74) is 0. The highest BCUT2D eigenvalue weighted by atomic mass is 16.2. The molecule has 2 rings (SSSR count). The molecule has 0 spiro atoms. The SMILES string of the molecule is CN(CCC(=O)N1CCNCC1)CC1CCCC1. The van der Waals surface area contributed by atoms with Crippen molar-refractivity contribution in [1.29, 1.82) is 0 Å². The Hall–Kier alpha value is -0.610. The molecule has 1 heterocycles. The number of nitrogens with one attached hydrogen (secondary N) is 1. The van der Waals surface area contributed by atoms with Crippen molar-refractivity contribution in [2.24, 2.45) is 5.92 Å². The third kappa shape index (κ3) is 4.25. The zero-order valence-electron chi connectivity index (χ0n) is 11.7. The number of rotatable bonds is 5. The maximum atomic E-state index is 12.0. The molecule has 0 bridgehead atoms. The van der Waals surface area contributed by atoms with Crippen LogP contribution < -0.4 is 5.32 Å². The van der Waals surface area contributed by atoms with E-state index in [0.717, 1.165) is 38.6 Å². The van der Waals surface area contributed by atoms with Crippen molar-refractivity contribution in [3.8, 4) is 0 Å². The molecular formula is C14H27N3O. The molecule has 4 nitrogen and oxygen atoms in total. The average molecular weight is 253 g/mol. The zero-order valence-corrected chi connectivity index (χ0v) is 11.7. The minimum absolute atomic E-state index is 0.328. The molecule has 2 fully saturated rings. The Labute approximate surface area is 111 Å². The first-order valence-corrected chi connectivity index (χ1v) is 7.43. The largest absolute Gasteiger partial charge is 0.340 e. The normalized spacial score (nSPS) is 21.8. The summed E-state index contributed by atoms with van der Waals surface area (Å²) in [7, 11) is 2.16. The molecule has 104 valence electrons. The second-order valence-electron chi connectivity index (χ2n) is 5.79. The van der Waals surface area contributed by atoms with E-state index in [0.29, 0.717) is 12.3 Å². The van der Waals surface area contributed by atoms with Gasteiger partial charge in [-0.05, 0) is 25.8 Å². The first kappa shape index (κ1) is 13.8. The number of carbonyl (C=O) groups excluding carboxylic acids is 1. The van der Waals surface area contributed by atoms with Gasteiger partial charge in [0.15, 0.2) is 0 Å². The monoisotopic (exact) mass is 253 g/mol. The highest BCUT2D eigenvalue weighted by molar-refractivity contribution is 5.76. The van der Waals surface area contributed by atoms with Gasteiger partial charge in [-0.15, -0.1) is 0 Å². The summed E-state index contributed by atoms with van der Waals surface area (Å²) in [5.74, 6) is 1.21. The fourth-order valence-corrected chi connectivity index (χ4v) is 3.08. The summed E-state index contributed by atoms with van der Waals surface area (Å²) in [6, 6.07) is 0. The fourth-order valence-electron chi connectivity index (χ4n) is 3.08. The molecule has 1 saturated heterocycles. The Kier molecular flexibility index (Phi) is 5.45. The predicted octanol–water partition coefficient (Wildman–Crippen LogP) is 0.930. The van der Waals surface area contributed by atoms with Crippen LogP contribution in [-0.4, -0.2) is 62.0 Å². The van der Waals surface area contributed by atoms with Crippen molar-refractivity contribution in [2.75, 3.05) is 46.3 Å². The van der Waals surface area contributed by atoms with Gasteiger partial charge in [-0.2, -0.15) is 0 Å². The van der Waals surface area contributed by atoms with Crippen LogP contribution >= 0.6 is 0 Å². The Balaban J connectivity index is 1.61. The van der Waals surface area contributed by atoms with Crippen LogP contribution in [0.3, 0.4) is 0 Å². The van der Waals surface area contributed by atoms with Crippen LogP contribution in [0.4, 0.5) is 0 Å². The molecule has 0 aromatic rings. The predicted molar refractivity (Wildman–Crippen MR) is 73.5 cm³/mol. The first-order valence-electron chi connectivity index (χ1n) is 7.43. The van der Waals surface area contributed by atoms with E-state index in [1.54, 1.807) is 0 Å². The van der Waals surface area contributed by atoms with Crippen molar-refractivity contribution in [1.82, 2.24) is 15.1 Å². The highest BCUT2D eigenvalue weighted by Gasteiger charge is 2.19. The topological polar surface area (TPSA) is 35.6 Å². The second kappa shape index (κ2) is 7.10. The molecule has 0 aromatic heterocycles. The van der Waals surface area contributed by atoms with Crippen LogP contribution in [-0.2, 0) is 4.79 Å². The van der Waals surface area contributed by atoms with Crippen LogP contribution in [0.2, 0.25) is 0 Å². The smallest absolute Gasteiger partial charge is 0.223 e. The Morgan fingerprint density at radius 3 is 2.61 bits per heavy atom. The maximum absolute atomic E-state index is 12.0. The van der Waals surface area contributed by atoms with Crippen LogP contribution in [0.1, 0.15) is 32.1 Å². The van der Waals surface area contributed by atoms with Crippen molar-refractivity contribution >= 4 is 5.91 Å². The summed E-state index contributed by atoms with van der Waals surface area (Å²) in [6.45, 7) is 5.75. The second-order valence-corrected chi connectivity index (χ2v) is 5.79. The van der Waals surface area contributed by atoms with Crippen molar-refractivity contribution in [2.45, 2.75) is 32.1 Å². The van der Waals surface area contributed by atoms with E-state index in [9.17, 15) is 4.79 Å². The van der Waals surface area contributed by atoms with Crippen LogP contribution in [0.15, 0.2) is 0 Å². The van der Waals surface area contributed by atoms with Crippen molar-refractivity contribution in [3.63, 3.8) is 0 Å². The van der Waals surface area contributed by atoms with Crippen LogP contribution in [0.5, 0.6) is 0 Å². The summed E-state index contributed by atoms with van der Waals surface area (Å²) in [6.07, 6.45) is 6.26. The molecule has 1 aliphatic carbocycles. The molecule has 0 unspecified atom stereocenters. The summed E-state index contributed by atoms with van der Waals surface area (Å²) >= 11 is 0. The molecule has 1 amide bonds. The number of carbonyl (C=O) groups is 1. The Bertz CT molecular complexity index is 258. The number of hydrogen-bond donors (Lipinski definition) is 1. The molecule has 2 aliphatic rings. The summed E-state index contributed by atoms with van der Waals surface area (Å²) in [5, 5.41) is 3.28. The van der Waals surface area contributed by atoms with Gasteiger partial charge < -0.3 is 15.1 Å².